The summed E-state index contributed by atoms with van der Waals surface area (Å²) in [6, 6.07) is 0. The Morgan fingerprint density at radius 1 is 1.14 bits per heavy atom. The molecule has 0 aromatic rings. The highest BCUT2D eigenvalue weighted by molar-refractivity contribution is 7.43. The summed E-state index contributed by atoms with van der Waals surface area (Å²) >= 11 is 0. The van der Waals surface area contributed by atoms with Crippen molar-refractivity contribution >= 4 is 15.2 Å². The molecule has 0 aliphatic heterocycles. The van der Waals surface area contributed by atoms with E-state index < -0.39 is 15.2 Å². The van der Waals surface area contributed by atoms with Gasteiger partial charge in [0.2, 0.25) is 0 Å². The Morgan fingerprint density at radius 3 is 2.07 bits per heavy atom. The largest absolute Gasteiger partial charge is 0.0850 e. The first-order chi connectivity index (χ1) is 6.25. The number of hydrogen-bond acceptors (Lipinski definition) is 0. The normalized spacial score (nSPS) is 23.6. The van der Waals surface area contributed by atoms with Crippen LogP contribution < -0.4 is 0 Å². The molecule has 2 heteroatoms. The van der Waals surface area contributed by atoms with Gasteiger partial charge in [-0.25, -0.2) is 0 Å². The molecule has 0 fully saturated rings. The van der Waals surface area contributed by atoms with Crippen molar-refractivity contribution in [2.75, 3.05) is 0 Å². The van der Waals surface area contributed by atoms with E-state index in [1.807, 2.05) is 0 Å². The van der Waals surface area contributed by atoms with Gasteiger partial charge in [-0.2, -0.15) is 0 Å². The molecule has 0 aromatic heterocycles. The molecule has 1 atom stereocenters. The molecule has 0 saturated carbocycles. The lowest BCUT2D eigenvalue weighted by Gasteiger charge is -2.37. The second-order valence-electron chi connectivity index (χ2n) is 6.11. The smallest absolute Gasteiger partial charge is 0.0732 e. The molecular formula is C12H24Si2. The van der Waals surface area contributed by atoms with Crippen molar-refractivity contribution in [2.45, 2.75) is 46.1 Å². The van der Waals surface area contributed by atoms with Crippen LogP contribution in [-0.2, 0) is 0 Å². The molecule has 1 aliphatic carbocycles. The molecule has 14 heavy (non-hydrogen) atoms. The molecule has 0 spiro atoms. The molecule has 0 heterocycles. The SMILES string of the molecule is CC1C=CC([Si](C)(C)[Si](C)(C)C)=CC1. The Morgan fingerprint density at radius 2 is 1.71 bits per heavy atom. The second kappa shape index (κ2) is 3.82. The van der Waals surface area contributed by atoms with Gasteiger partial charge in [0.05, 0.1) is 7.59 Å². The standard InChI is InChI=1S/C12H24Si2/c1-11-7-9-12(10-8-11)14(5,6)13(2,3)4/h7,9-11H,8H2,1-6H3. The minimum absolute atomic E-state index is 0.755. The molecule has 0 saturated heterocycles. The highest BCUT2D eigenvalue weighted by atomic mass is 29.3. The van der Waals surface area contributed by atoms with Crippen LogP contribution >= 0.6 is 0 Å². The highest BCUT2D eigenvalue weighted by Crippen LogP contribution is 2.30. The summed E-state index contributed by atoms with van der Waals surface area (Å²) in [4.78, 5) is 0. The molecule has 1 rings (SSSR count). The average molecular weight is 224 g/mol. The maximum atomic E-state index is 2.55. The van der Waals surface area contributed by atoms with Crippen molar-refractivity contribution < 1.29 is 0 Å². The van der Waals surface area contributed by atoms with Crippen molar-refractivity contribution in [1.29, 1.82) is 0 Å². The van der Waals surface area contributed by atoms with Gasteiger partial charge in [-0.3, -0.25) is 0 Å². The van der Waals surface area contributed by atoms with Crippen LogP contribution in [-0.4, -0.2) is 15.2 Å². The van der Waals surface area contributed by atoms with E-state index in [4.69, 9.17) is 0 Å². The molecule has 0 nitrogen and oxygen atoms in total. The fraction of sp³-hybridized carbons (Fsp3) is 0.667. The average Bonchev–Trinajstić information content (AvgIpc) is 2.03. The summed E-state index contributed by atoms with van der Waals surface area (Å²) in [6.45, 7) is 15.0. The van der Waals surface area contributed by atoms with E-state index in [2.05, 4.69) is 57.9 Å². The van der Waals surface area contributed by atoms with Gasteiger partial charge in [0.1, 0.15) is 0 Å². The van der Waals surface area contributed by atoms with E-state index in [0.717, 1.165) is 5.92 Å². The van der Waals surface area contributed by atoms with Gasteiger partial charge < -0.3 is 0 Å². The Kier molecular flexibility index (Phi) is 3.27. The van der Waals surface area contributed by atoms with Crippen LogP contribution in [0.5, 0.6) is 0 Å². The lowest BCUT2D eigenvalue weighted by molar-refractivity contribution is 0.734. The van der Waals surface area contributed by atoms with Crippen molar-refractivity contribution in [1.82, 2.24) is 0 Å². The van der Waals surface area contributed by atoms with Gasteiger partial charge in [-0.05, 0) is 12.3 Å². The molecule has 0 N–H and O–H groups in total. The predicted octanol–water partition coefficient (Wildman–Crippen LogP) is 4.17. The lowest BCUT2D eigenvalue weighted by atomic mass is 10.0. The quantitative estimate of drug-likeness (QED) is 0.618. The molecule has 0 aromatic carbocycles. The summed E-state index contributed by atoms with van der Waals surface area (Å²) in [5.74, 6) is 0.755. The zero-order valence-electron chi connectivity index (χ0n) is 10.5. The van der Waals surface area contributed by atoms with Gasteiger partial charge in [0.25, 0.3) is 0 Å². The molecular weight excluding hydrogens is 200 g/mol. The van der Waals surface area contributed by atoms with E-state index >= 15 is 0 Å². The third-order valence-corrected chi connectivity index (χ3v) is 21.6. The summed E-state index contributed by atoms with van der Waals surface area (Å²) in [5, 5.41) is 1.70. The Hall–Kier alpha value is -0.0862. The Labute approximate surface area is 90.9 Å². The molecule has 1 aliphatic rings. The summed E-state index contributed by atoms with van der Waals surface area (Å²) in [6.07, 6.45) is 8.57. The zero-order chi connectivity index (χ0) is 11.0. The molecule has 1 unspecified atom stereocenters. The number of allylic oxidation sites excluding steroid dienone is 4. The van der Waals surface area contributed by atoms with Gasteiger partial charge in [-0.15, -0.1) is 0 Å². The summed E-state index contributed by atoms with van der Waals surface area (Å²) in [5.41, 5.74) is 0. The molecule has 0 radical (unpaired) electrons. The first-order valence-electron chi connectivity index (χ1n) is 5.64. The molecule has 0 amide bonds. The third-order valence-electron chi connectivity index (χ3n) is 3.91. The molecule has 80 valence electrons. The second-order valence-corrected chi connectivity index (χ2v) is 22.7. The Balaban J connectivity index is 2.90. The van der Waals surface area contributed by atoms with E-state index in [9.17, 15) is 0 Å². The molecule has 0 bridgehead atoms. The number of rotatable bonds is 2. The third kappa shape index (κ3) is 2.29. The highest BCUT2D eigenvalue weighted by Gasteiger charge is 2.39. The van der Waals surface area contributed by atoms with Crippen LogP contribution in [0.4, 0.5) is 0 Å². The first kappa shape index (κ1) is 12.0. The number of hydrogen-bond donors (Lipinski definition) is 0. The van der Waals surface area contributed by atoms with E-state index in [1.54, 1.807) is 5.20 Å². The van der Waals surface area contributed by atoms with Crippen LogP contribution in [0.1, 0.15) is 13.3 Å². The van der Waals surface area contributed by atoms with E-state index in [0.29, 0.717) is 0 Å². The fourth-order valence-electron chi connectivity index (χ4n) is 1.62. The van der Waals surface area contributed by atoms with Crippen LogP contribution in [0.2, 0.25) is 32.7 Å². The van der Waals surface area contributed by atoms with Crippen molar-refractivity contribution in [3.63, 3.8) is 0 Å². The topological polar surface area (TPSA) is 0 Å². The summed E-state index contributed by atoms with van der Waals surface area (Å²) < 4.78 is 0. The monoisotopic (exact) mass is 224 g/mol. The van der Waals surface area contributed by atoms with Gasteiger partial charge in [0, 0.05) is 7.59 Å². The zero-order valence-corrected chi connectivity index (χ0v) is 12.5. The van der Waals surface area contributed by atoms with Crippen molar-refractivity contribution in [3.8, 4) is 0 Å². The van der Waals surface area contributed by atoms with Crippen LogP contribution in [0.25, 0.3) is 0 Å². The maximum absolute atomic E-state index is 2.55. The van der Waals surface area contributed by atoms with Crippen molar-refractivity contribution in [3.05, 3.63) is 23.4 Å². The summed E-state index contributed by atoms with van der Waals surface area (Å²) in [7, 11) is -2.10. The minimum Gasteiger partial charge on any atom is -0.0850 e. The fourth-order valence-corrected chi connectivity index (χ4v) is 6.79. The van der Waals surface area contributed by atoms with Gasteiger partial charge in [-0.1, -0.05) is 63.1 Å². The van der Waals surface area contributed by atoms with Crippen molar-refractivity contribution in [2.24, 2.45) is 5.92 Å². The first-order valence-corrected chi connectivity index (χ1v) is 13.1. The van der Waals surface area contributed by atoms with Crippen LogP contribution in [0.15, 0.2) is 23.4 Å². The van der Waals surface area contributed by atoms with Gasteiger partial charge in [0.15, 0.2) is 0 Å². The van der Waals surface area contributed by atoms with Gasteiger partial charge >= 0.3 is 0 Å². The Bertz CT molecular complexity index is 267. The van der Waals surface area contributed by atoms with E-state index in [1.165, 1.54) is 6.42 Å². The predicted molar refractivity (Wildman–Crippen MR) is 71.8 cm³/mol. The van der Waals surface area contributed by atoms with Crippen LogP contribution in [0, 0.1) is 5.92 Å². The van der Waals surface area contributed by atoms with Crippen LogP contribution in [0.3, 0.4) is 0 Å². The maximum Gasteiger partial charge on any atom is 0.0732 e. The lowest BCUT2D eigenvalue weighted by Crippen LogP contribution is -2.54. The minimum atomic E-state index is -1.12. The van der Waals surface area contributed by atoms with E-state index in [-0.39, 0.29) is 0 Å².